The summed E-state index contributed by atoms with van der Waals surface area (Å²) in [6.45, 7) is 9.47. The second-order valence-corrected chi connectivity index (χ2v) is 17.6. The Bertz CT molecular complexity index is 3030. The molecule has 0 saturated heterocycles. The number of hydrogen-bond donors (Lipinski definition) is 0. The molecule has 0 radical (unpaired) electrons. The van der Waals surface area contributed by atoms with Crippen LogP contribution in [-0.2, 0) is 10.8 Å². The van der Waals surface area contributed by atoms with E-state index in [1.807, 2.05) is 11.3 Å². The van der Waals surface area contributed by atoms with Crippen LogP contribution in [0.15, 0.2) is 176 Å². The highest BCUT2D eigenvalue weighted by Gasteiger charge is 2.38. The van der Waals surface area contributed by atoms with Crippen LogP contribution in [-0.4, -0.2) is 0 Å². The van der Waals surface area contributed by atoms with E-state index >= 15 is 0 Å². The molecule has 0 N–H and O–H groups in total. The van der Waals surface area contributed by atoms with Crippen LogP contribution >= 0.6 is 11.3 Å². The van der Waals surface area contributed by atoms with Crippen LogP contribution < -0.4 is 4.90 Å². The maximum absolute atomic E-state index is 2.52. The van der Waals surface area contributed by atoms with Gasteiger partial charge >= 0.3 is 0 Å². The monoisotopic (exact) mass is 735 g/mol. The Kier molecular flexibility index (Phi) is 7.18. The summed E-state index contributed by atoms with van der Waals surface area (Å²) in [4.78, 5) is 2.52. The second kappa shape index (κ2) is 12.1. The fraction of sp³-hybridized carbons (Fsp3) is 0.111. The van der Waals surface area contributed by atoms with Gasteiger partial charge in [0.15, 0.2) is 0 Å². The number of benzene rings is 8. The van der Waals surface area contributed by atoms with Crippen molar-refractivity contribution in [2.75, 3.05) is 4.90 Å². The topological polar surface area (TPSA) is 3.24 Å². The lowest BCUT2D eigenvalue weighted by Crippen LogP contribution is -2.16. The van der Waals surface area contributed by atoms with Crippen molar-refractivity contribution in [3.05, 3.63) is 198 Å². The molecule has 0 saturated carbocycles. The number of rotatable bonds is 5. The van der Waals surface area contributed by atoms with Crippen molar-refractivity contribution in [2.45, 2.75) is 38.5 Å². The lowest BCUT2D eigenvalue weighted by Gasteiger charge is -2.31. The first-order valence-corrected chi connectivity index (χ1v) is 20.5. The van der Waals surface area contributed by atoms with Gasteiger partial charge < -0.3 is 4.90 Å². The molecule has 0 aliphatic heterocycles. The average Bonchev–Trinajstić information content (AvgIpc) is 3.81. The van der Waals surface area contributed by atoms with Gasteiger partial charge in [0.1, 0.15) is 0 Å². The summed E-state index contributed by atoms with van der Waals surface area (Å²) in [5, 5.41) is 2.66. The molecular weight excluding hydrogens is 695 g/mol. The van der Waals surface area contributed by atoms with Crippen LogP contribution in [0, 0.1) is 0 Å². The van der Waals surface area contributed by atoms with Crippen molar-refractivity contribution in [3.63, 3.8) is 0 Å². The van der Waals surface area contributed by atoms with E-state index in [-0.39, 0.29) is 10.8 Å². The molecule has 0 unspecified atom stereocenters. The summed E-state index contributed by atoms with van der Waals surface area (Å²) < 4.78 is 2.65. The number of para-hydroxylation sites is 1. The van der Waals surface area contributed by atoms with E-state index in [1.54, 1.807) is 0 Å². The van der Waals surface area contributed by atoms with E-state index in [1.165, 1.54) is 92.6 Å². The Balaban J connectivity index is 1.12. The van der Waals surface area contributed by atoms with Gasteiger partial charge in [-0.05, 0) is 98.1 Å². The summed E-state index contributed by atoms with van der Waals surface area (Å²) in [5.41, 5.74) is 19.1. The fourth-order valence-electron chi connectivity index (χ4n) is 9.92. The number of anilines is 3. The Hall–Kier alpha value is -6.22. The third kappa shape index (κ3) is 4.72. The second-order valence-electron chi connectivity index (χ2n) is 16.5. The van der Waals surface area contributed by atoms with Gasteiger partial charge in [-0.25, -0.2) is 0 Å². The fourth-order valence-corrected chi connectivity index (χ4v) is 11.1. The van der Waals surface area contributed by atoms with Gasteiger partial charge in [0.2, 0.25) is 0 Å². The van der Waals surface area contributed by atoms with Crippen LogP contribution in [0.1, 0.15) is 49.9 Å². The molecular formula is C54H41NS. The minimum absolute atomic E-state index is 0.0847. The molecule has 0 amide bonds. The van der Waals surface area contributed by atoms with Crippen LogP contribution in [0.25, 0.3) is 64.7 Å². The Morgan fingerprint density at radius 2 is 0.946 bits per heavy atom. The lowest BCUT2D eigenvalue weighted by molar-refractivity contribution is 0.660. The van der Waals surface area contributed by atoms with Crippen LogP contribution in [0.5, 0.6) is 0 Å². The van der Waals surface area contributed by atoms with Crippen LogP contribution in [0.2, 0.25) is 0 Å². The van der Waals surface area contributed by atoms with Gasteiger partial charge in [0.05, 0.1) is 11.4 Å². The van der Waals surface area contributed by atoms with Gasteiger partial charge in [0, 0.05) is 47.8 Å². The predicted octanol–water partition coefficient (Wildman–Crippen LogP) is 15.5. The highest BCUT2D eigenvalue weighted by atomic mass is 32.1. The standard InChI is InChI=1S/C54H41NS/c1-53(2)44-21-10-6-17-41(44)52-45(53)22-14-24-48(52)55(36-30-27-34(28-31-36)38-19-13-26-50-51(38)42-18-8-12-25-49(42)56-50)47-23-11-7-15-37(47)35-29-32-40-39-16-5-9-20-43(39)54(3,4)46(40)33-35/h5-33H,1-4H3. The highest BCUT2D eigenvalue weighted by Crippen LogP contribution is 2.56. The number of nitrogens with zero attached hydrogens (tertiary/aromatic N) is 1. The lowest BCUT2D eigenvalue weighted by atomic mass is 9.81. The molecule has 11 rings (SSSR count). The maximum Gasteiger partial charge on any atom is 0.0543 e. The number of thiophene rings is 1. The summed E-state index contributed by atoms with van der Waals surface area (Å²) in [7, 11) is 0. The third-order valence-corrected chi connectivity index (χ3v) is 13.8. The van der Waals surface area contributed by atoms with Gasteiger partial charge in [-0.3, -0.25) is 0 Å². The molecule has 0 atom stereocenters. The van der Waals surface area contributed by atoms with Gasteiger partial charge in [0.25, 0.3) is 0 Å². The predicted molar refractivity (Wildman–Crippen MR) is 240 cm³/mol. The van der Waals surface area contributed by atoms with E-state index in [2.05, 4.69) is 209 Å². The first-order chi connectivity index (χ1) is 27.3. The molecule has 0 bridgehead atoms. The highest BCUT2D eigenvalue weighted by molar-refractivity contribution is 7.25. The van der Waals surface area contributed by atoms with E-state index < -0.39 is 0 Å². The molecule has 0 spiro atoms. The van der Waals surface area contributed by atoms with E-state index in [9.17, 15) is 0 Å². The smallest absolute Gasteiger partial charge is 0.0543 e. The van der Waals surface area contributed by atoms with Gasteiger partial charge in [-0.15, -0.1) is 11.3 Å². The summed E-state index contributed by atoms with van der Waals surface area (Å²) in [6.07, 6.45) is 0. The largest absolute Gasteiger partial charge is 0.309 e. The molecule has 1 nitrogen and oxygen atoms in total. The molecule has 2 heteroatoms. The zero-order chi connectivity index (χ0) is 37.8. The first-order valence-electron chi connectivity index (χ1n) is 19.7. The Morgan fingerprint density at radius 3 is 1.77 bits per heavy atom. The van der Waals surface area contributed by atoms with Crippen LogP contribution in [0.4, 0.5) is 17.1 Å². The van der Waals surface area contributed by atoms with Crippen molar-refractivity contribution in [1.29, 1.82) is 0 Å². The van der Waals surface area contributed by atoms with Crippen molar-refractivity contribution in [1.82, 2.24) is 0 Å². The zero-order valence-electron chi connectivity index (χ0n) is 32.1. The minimum atomic E-state index is -0.112. The van der Waals surface area contributed by atoms with Crippen molar-refractivity contribution >= 4 is 48.6 Å². The van der Waals surface area contributed by atoms with E-state index in [0.29, 0.717) is 0 Å². The maximum atomic E-state index is 2.52. The van der Waals surface area contributed by atoms with Gasteiger partial charge in [-0.1, -0.05) is 161 Å². The quantitative estimate of drug-likeness (QED) is 0.170. The molecule has 56 heavy (non-hydrogen) atoms. The zero-order valence-corrected chi connectivity index (χ0v) is 32.9. The minimum Gasteiger partial charge on any atom is -0.309 e. The number of fused-ring (bicyclic) bond motifs is 9. The van der Waals surface area contributed by atoms with Crippen molar-refractivity contribution in [3.8, 4) is 44.5 Å². The van der Waals surface area contributed by atoms with E-state index in [0.717, 1.165) is 11.4 Å². The molecule has 9 aromatic rings. The molecule has 2 aliphatic carbocycles. The van der Waals surface area contributed by atoms with Crippen molar-refractivity contribution < 1.29 is 0 Å². The number of hydrogen-bond acceptors (Lipinski definition) is 2. The summed E-state index contributed by atoms with van der Waals surface area (Å²) >= 11 is 1.87. The summed E-state index contributed by atoms with van der Waals surface area (Å²) in [5.74, 6) is 0. The first kappa shape index (κ1) is 33.1. The SMILES string of the molecule is CC1(C)c2ccccc2-c2ccc(-c3ccccc3N(c3ccc(-c4cccc5sc6ccccc6c45)cc3)c3cccc4c3-c3ccccc3C4(C)C)cc21. The molecule has 0 fully saturated rings. The summed E-state index contributed by atoms with van der Waals surface area (Å²) in [6, 6.07) is 65.8. The van der Waals surface area contributed by atoms with Gasteiger partial charge in [-0.2, -0.15) is 0 Å². The average molecular weight is 736 g/mol. The molecule has 1 heterocycles. The van der Waals surface area contributed by atoms with E-state index in [4.69, 9.17) is 0 Å². The molecule has 1 aromatic heterocycles. The van der Waals surface area contributed by atoms with Crippen LogP contribution in [0.3, 0.4) is 0 Å². The Labute approximate surface area is 333 Å². The van der Waals surface area contributed by atoms with Crippen molar-refractivity contribution in [2.24, 2.45) is 0 Å². The normalized spacial score (nSPS) is 14.4. The molecule has 2 aliphatic rings. The third-order valence-electron chi connectivity index (χ3n) is 12.7. The molecule has 8 aromatic carbocycles. The molecule has 268 valence electrons. The Morgan fingerprint density at radius 1 is 0.393 bits per heavy atom.